The highest BCUT2D eigenvalue weighted by atomic mass is 16.5. The quantitative estimate of drug-likeness (QED) is 0.394. The van der Waals surface area contributed by atoms with E-state index in [0.29, 0.717) is 18.3 Å². The van der Waals surface area contributed by atoms with Crippen LogP contribution in [-0.4, -0.2) is 42.1 Å². The molecule has 0 aliphatic carbocycles. The molecule has 1 rings (SSSR count). The maximum absolute atomic E-state index is 5.40. The lowest BCUT2D eigenvalue weighted by atomic mass is 10.4. The summed E-state index contributed by atoms with van der Waals surface area (Å²) < 4.78 is 5.40. The number of rotatable bonds is 6. The third kappa shape index (κ3) is 4.57. The van der Waals surface area contributed by atoms with E-state index in [2.05, 4.69) is 20.3 Å². The summed E-state index contributed by atoms with van der Waals surface area (Å²) >= 11 is 0. The second-order valence-electron chi connectivity index (χ2n) is 3.39. The van der Waals surface area contributed by atoms with Gasteiger partial charge in [-0.3, -0.25) is 4.98 Å². The molecule has 0 unspecified atom stereocenters. The fraction of sp³-hybridized carbons (Fsp3) is 0.556. The number of hydrogen-bond donors (Lipinski definition) is 2. The summed E-state index contributed by atoms with van der Waals surface area (Å²) in [4.78, 5) is 10.1. The van der Waals surface area contributed by atoms with Crippen molar-refractivity contribution in [1.29, 1.82) is 0 Å². The van der Waals surface area contributed by atoms with Crippen LogP contribution in [0.15, 0.2) is 12.4 Å². The first-order valence-electron chi connectivity index (χ1n) is 4.78. The molecule has 0 aliphatic rings. The first-order chi connectivity index (χ1) is 7.22. The second kappa shape index (κ2) is 6.15. The van der Waals surface area contributed by atoms with Crippen molar-refractivity contribution in [3.05, 3.63) is 12.4 Å². The molecule has 15 heavy (non-hydrogen) atoms. The van der Waals surface area contributed by atoms with E-state index in [9.17, 15) is 0 Å². The van der Waals surface area contributed by atoms with Crippen LogP contribution in [0.2, 0.25) is 0 Å². The SMILES string of the molecule is CN(C)CCCOc1cncc(NN)n1. The largest absolute Gasteiger partial charge is 0.476 e. The molecule has 1 aromatic heterocycles. The van der Waals surface area contributed by atoms with Gasteiger partial charge in [0, 0.05) is 6.54 Å². The van der Waals surface area contributed by atoms with Gasteiger partial charge in [-0.25, -0.2) is 5.84 Å². The second-order valence-corrected chi connectivity index (χ2v) is 3.39. The Bertz CT molecular complexity index is 292. The molecular weight excluding hydrogens is 194 g/mol. The van der Waals surface area contributed by atoms with Gasteiger partial charge in [0.1, 0.15) is 0 Å². The summed E-state index contributed by atoms with van der Waals surface area (Å²) in [5.41, 5.74) is 2.41. The summed E-state index contributed by atoms with van der Waals surface area (Å²) in [5, 5.41) is 0. The van der Waals surface area contributed by atoms with E-state index in [1.165, 1.54) is 6.20 Å². The highest BCUT2D eigenvalue weighted by Gasteiger charge is 1.98. The lowest BCUT2D eigenvalue weighted by Crippen LogP contribution is -2.16. The molecule has 0 amide bonds. The average molecular weight is 211 g/mol. The Balaban J connectivity index is 2.30. The average Bonchev–Trinajstić information content (AvgIpc) is 2.24. The fourth-order valence-corrected chi connectivity index (χ4v) is 1.04. The number of nitrogens with two attached hydrogens (primary N) is 1. The predicted octanol–water partition coefficient (Wildman–Crippen LogP) is 0.0927. The minimum atomic E-state index is 0.490. The number of nitrogen functional groups attached to an aromatic ring is 1. The van der Waals surface area contributed by atoms with E-state index >= 15 is 0 Å². The van der Waals surface area contributed by atoms with Crippen molar-refractivity contribution in [2.24, 2.45) is 5.84 Å². The predicted molar refractivity (Wildman–Crippen MR) is 58.5 cm³/mol. The minimum absolute atomic E-state index is 0.490. The molecule has 3 N–H and O–H groups in total. The molecule has 1 heterocycles. The number of nitrogens with zero attached hydrogens (tertiary/aromatic N) is 3. The van der Waals surface area contributed by atoms with Crippen LogP contribution < -0.4 is 16.0 Å². The molecule has 0 saturated heterocycles. The van der Waals surface area contributed by atoms with E-state index in [-0.39, 0.29) is 0 Å². The number of anilines is 1. The van der Waals surface area contributed by atoms with Crippen LogP contribution in [0.5, 0.6) is 5.88 Å². The molecule has 0 saturated carbocycles. The van der Waals surface area contributed by atoms with E-state index in [0.717, 1.165) is 13.0 Å². The standard InChI is InChI=1S/C9H17N5O/c1-14(2)4-3-5-15-9-7-11-6-8(12-9)13-10/h6-7H,3-5,10H2,1-2H3,(H,12,13). The van der Waals surface area contributed by atoms with E-state index in [4.69, 9.17) is 10.6 Å². The molecule has 0 radical (unpaired) electrons. The summed E-state index contributed by atoms with van der Waals surface area (Å²) in [6.07, 6.45) is 4.05. The molecule has 0 bridgehead atoms. The van der Waals surface area contributed by atoms with Crippen molar-refractivity contribution >= 4 is 5.82 Å². The van der Waals surface area contributed by atoms with Gasteiger partial charge in [0.15, 0.2) is 5.82 Å². The molecule has 84 valence electrons. The van der Waals surface area contributed by atoms with Crippen LogP contribution in [0, 0.1) is 0 Å². The smallest absolute Gasteiger partial charge is 0.234 e. The van der Waals surface area contributed by atoms with Crippen LogP contribution in [0.4, 0.5) is 5.82 Å². The van der Waals surface area contributed by atoms with Gasteiger partial charge in [-0.2, -0.15) is 4.98 Å². The van der Waals surface area contributed by atoms with Crippen molar-refractivity contribution in [1.82, 2.24) is 14.9 Å². The molecule has 1 aromatic rings. The zero-order valence-corrected chi connectivity index (χ0v) is 9.10. The molecule has 6 nitrogen and oxygen atoms in total. The Kier molecular flexibility index (Phi) is 4.79. The van der Waals surface area contributed by atoms with Crippen molar-refractivity contribution < 1.29 is 4.74 Å². The number of ether oxygens (including phenoxy) is 1. The van der Waals surface area contributed by atoms with Crippen molar-refractivity contribution in [2.45, 2.75) is 6.42 Å². The van der Waals surface area contributed by atoms with Gasteiger partial charge in [-0.05, 0) is 20.5 Å². The van der Waals surface area contributed by atoms with Gasteiger partial charge >= 0.3 is 0 Å². The first-order valence-corrected chi connectivity index (χ1v) is 4.78. The Morgan fingerprint density at radius 1 is 1.47 bits per heavy atom. The Morgan fingerprint density at radius 2 is 2.27 bits per heavy atom. The maximum atomic E-state index is 5.40. The fourth-order valence-electron chi connectivity index (χ4n) is 1.04. The van der Waals surface area contributed by atoms with Crippen LogP contribution >= 0.6 is 0 Å². The molecule has 0 aromatic carbocycles. The van der Waals surface area contributed by atoms with Crippen molar-refractivity contribution in [3.63, 3.8) is 0 Å². The summed E-state index contributed by atoms with van der Waals surface area (Å²) in [6, 6.07) is 0. The highest BCUT2D eigenvalue weighted by molar-refractivity contribution is 5.31. The summed E-state index contributed by atoms with van der Waals surface area (Å²) in [5.74, 6) is 6.19. The molecule has 6 heteroatoms. The van der Waals surface area contributed by atoms with Gasteiger partial charge in [-0.1, -0.05) is 0 Å². The van der Waals surface area contributed by atoms with Crippen LogP contribution in [-0.2, 0) is 0 Å². The number of hydrazine groups is 1. The van der Waals surface area contributed by atoms with Gasteiger partial charge in [0.05, 0.1) is 19.0 Å². The zero-order valence-electron chi connectivity index (χ0n) is 9.10. The lowest BCUT2D eigenvalue weighted by molar-refractivity contribution is 0.272. The Labute approximate surface area is 89.4 Å². The number of hydrogen-bond acceptors (Lipinski definition) is 6. The monoisotopic (exact) mass is 211 g/mol. The highest BCUT2D eigenvalue weighted by Crippen LogP contribution is 2.07. The van der Waals surface area contributed by atoms with E-state index in [1.54, 1.807) is 6.20 Å². The Morgan fingerprint density at radius 3 is 2.93 bits per heavy atom. The normalized spacial score (nSPS) is 10.4. The van der Waals surface area contributed by atoms with Crippen LogP contribution in [0.3, 0.4) is 0 Å². The Hall–Kier alpha value is -1.40. The molecule has 0 aliphatic heterocycles. The minimum Gasteiger partial charge on any atom is -0.476 e. The van der Waals surface area contributed by atoms with Crippen LogP contribution in [0.25, 0.3) is 0 Å². The molecule has 0 fully saturated rings. The van der Waals surface area contributed by atoms with Crippen LogP contribution in [0.1, 0.15) is 6.42 Å². The number of aromatic nitrogens is 2. The van der Waals surface area contributed by atoms with Gasteiger partial charge in [0.2, 0.25) is 5.88 Å². The van der Waals surface area contributed by atoms with Gasteiger partial charge in [-0.15, -0.1) is 0 Å². The molecule has 0 atom stereocenters. The van der Waals surface area contributed by atoms with Crippen molar-refractivity contribution in [2.75, 3.05) is 32.7 Å². The molecular formula is C9H17N5O. The topological polar surface area (TPSA) is 76.3 Å². The number of nitrogens with one attached hydrogen (secondary N) is 1. The van der Waals surface area contributed by atoms with E-state index in [1.807, 2.05) is 14.1 Å². The maximum Gasteiger partial charge on any atom is 0.234 e. The van der Waals surface area contributed by atoms with Gasteiger partial charge < -0.3 is 15.1 Å². The molecule has 0 spiro atoms. The summed E-state index contributed by atoms with van der Waals surface area (Å²) in [7, 11) is 4.05. The third-order valence-corrected chi connectivity index (χ3v) is 1.76. The summed E-state index contributed by atoms with van der Waals surface area (Å²) in [6.45, 7) is 1.61. The van der Waals surface area contributed by atoms with E-state index < -0.39 is 0 Å². The van der Waals surface area contributed by atoms with Gasteiger partial charge in [0.25, 0.3) is 0 Å². The third-order valence-electron chi connectivity index (χ3n) is 1.76. The zero-order chi connectivity index (χ0) is 11.1. The lowest BCUT2D eigenvalue weighted by Gasteiger charge is -2.09. The first kappa shape index (κ1) is 11.7. The van der Waals surface area contributed by atoms with Crippen molar-refractivity contribution in [3.8, 4) is 5.88 Å².